The van der Waals surface area contributed by atoms with E-state index >= 15 is 0 Å². The molecule has 0 aromatic heterocycles. The molecule has 1 aromatic rings. The van der Waals surface area contributed by atoms with Gasteiger partial charge in [-0.1, -0.05) is 15.9 Å². The lowest BCUT2D eigenvalue weighted by Gasteiger charge is -2.11. The van der Waals surface area contributed by atoms with Crippen molar-refractivity contribution in [2.24, 2.45) is 0 Å². The number of amides is 1. The van der Waals surface area contributed by atoms with Gasteiger partial charge in [0.05, 0.1) is 20.0 Å². The minimum absolute atomic E-state index is 0.120. The molecule has 0 spiro atoms. The van der Waals surface area contributed by atoms with Crippen LogP contribution >= 0.6 is 27.7 Å². The summed E-state index contributed by atoms with van der Waals surface area (Å²) in [4.78, 5) is 11.6. The van der Waals surface area contributed by atoms with Crippen LogP contribution in [0.15, 0.2) is 16.6 Å². The zero-order valence-corrected chi connectivity index (χ0v) is 14.0. The predicted octanol–water partition coefficient (Wildman–Crippen LogP) is 2.98. The van der Waals surface area contributed by atoms with Gasteiger partial charge < -0.3 is 14.8 Å². The van der Waals surface area contributed by atoms with E-state index in [0.29, 0.717) is 23.3 Å². The lowest BCUT2D eigenvalue weighted by Crippen LogP contribution is -2.27. The zero-order chi connectivity index (χ0) is 14.5. The summed E-state index contributed by atoms with van der Waals surface area (Å²) >= 11 is 5.11. The molecule has 0 atom stereocenters. The monoisotopic (exact) mass is 359 g/mol. The molecular formula is C14H18BrNO3S. The second-order valence-corrected chi connectivity index (χ2v) is 6.47. The van der Waals surface area contributed by atoms with Crippen molar-refractivity contribution in [1.29, 1.82) is 0 Å². The molecule has 110 valence electrons. The first-order valence-electron chi connectivity index (χ1n) is 6.41. The van der Waals surface area contributed by atoms with Crippen LogP contribution in [0.3, 0.4) is 0 Å². The number of hydrogen-bond donors (Lipinski definition) is 1. The van der Waals surface area contributed by atoms with Gasteiger partial charge in [-0.2, -0.15) is 0 Å². The van der Waals surface area contributed by atoms with Gasteiger partial charge in [0, 0.05) is 16.3 Å². The summed E-state index contributed by atoms with van der Waals surface area (Å²) in [5.41, 5.74) is 1.09. The number of carbonyl (C=O) groups excluding carboxylic acids is 1. The van der Waals surface area contributed by atoms with Crippen molar-refractivity contribution in [2.75, 3.05) is 20.0 Å². The largest absolute Gasteiger partial charge is 0.493 e. The minimum Gasteiger partial charge on any atom is -0.493 e. The molecule has 0 heterocycles. The number of thioether (sulfide) groups is 1. The molecule has 0 saturated heterocycles. The normalized spacial score (nSPS) is 13.9. The number of nitrogens with one attached hydrogen (secondary N) is 1. The van der Waals surface area contributed by atoms with Crippen LogP contribution in [0, 0.1) is 0 Å². The zero-order valence-electron chi connectivity index (χ0n) is 11.6. The quantitative estimate of drug-likeness (QED) is 0.812. The SMILES string of the molecule is COc1cc(Br)c(CSCC(=O)NC2CC2)cc1OC. The summed E-state index contributed by atoms with van der Waals surface area (Å²) in [5, 5.41) is 2.98. The molecule has 1 aromatic carbocycles. The number of ether oxygens (including phenoxy) is 2. The maximum atomic E-state index is 11.6. The van der Waals surface area contributed by atoms with Crippen LogP contribution in [-0.2, 0) is 10.5 Å². The molecule has 0 radical (unpaired) electrons. The third-order valence-corrected chi connectivity index (χ3v) is 4.71. The smallest absolute Gasteiger partial charge is 0.230 e. The van der Waals surface area contributed by atoms with Crippen molar-refractivity contribution >= 4 is 33.6 Å². The second kappa shape index (κ2) is 7.22. The van der Waals surface area contributed by atoms with E-state index in [2.05, 4.69) is 21.2 Å². The molecule has 20 heavy (non-hydrogen) atoms. The molecule has 2 rings (SSSR count). The molecule has 1 amide bonds. The molecule has 0 aliphatic heterocycles. The summed E-state index contributed by atoms with van der Waals surface area (Å²) < 4.78 is 11.5. The molecule has 1 N–H and O–H groups in total. The fourth-order valence-electron chi connectivity index (χ4n) is 1.76. The molecule has 0 bridgehead atoms. The van der Waals surface area contributed by atoms with E-state index in [4.69, 9.17) is 9.47 Å². The average molecular weight is 360 g/mol. The Morgan fingerprint density at radius 1 is 1.35 bits per heavy atom. The van der Waals surface area contributed by atoms with Gasteiger partial charge in [-0.15, -0.1) is 11.8 Å². The Morgan fingerprint density at radius 2 is 2.00 bits per heavy atom. The first-order valence-corrected chi connectivity index (χ1v) is 8.36. The number of methoxy groups -OCH3 is 2. The number of hydrogen-bond acceptors (Lipinski definition) is 4. The topological polar surface area (TPSA) is 47.6 Å². The second-order valence-electron chi connectivity index (χ2n) is 4.63. The highest BCUT2D eigenvalue weighted by Crippen LogP contribution is 2.34. The standard InChI is InChI=1S/C14H18BrNO3S/c1-18-12-5-9(11(15)6-13(12)19-2)7-20-8-14(17)16-10-3-4-10/h5-6,10H,3-4,7-8H2,1-2H3,(H,16,17). The highest BCUT2D eigenvalue weighted by molar-refractivity contribution is 9.10. The molecular weight excluding hydrogens is 342 g/mol. The Morgan fingerprint density at radius 3 is 2.60 bits per heavy atom. The van der Waals surface area contributed by atoms with E-state index in [-0.39, 0.29) is 5.91 Å². The van der Waals surface area contributed by atoms with Crippen LogP contribution < -0.4 is 14.8 Å². The number of carbonyl (C=O) groups is 1. The fourth-order valence-corrected chi connectivity index (χ4v) is 3.24. The van der Waals surface area contributed by atoms with Gasteiger partial charge in [0.2, 0.25) is 5.91 Å². The highest BCUT2D eigenvalue weighted by Gasteiger charge is 2.22. The van der Waals surface area contributed by atoms with Gasteiger partial charge in [0.15, 0.2) is 11.5 Å². The van der Waals surface area contributed by atoms with E-state index < -0.39 is 0 Å². The highest BCUT2D eigenvalue weighted by atomic mass is 79.9. The summed E-state index contributed by atoms with van der Waals surface area (Å²) in [6, 6.07) is 4.25. The Hall–Kier alpha value is -0.880. The van der Waals surface area contributed by atoms with E-state index in [1.165, 1.54) is 0 Å². The van der Waals surface area contributed by atoms with E-state index in [9.17, 15) is 4.79 Å². The molecule has 0 unspecified atom stereocenters. The Labute approximate surface area is 131 Å². The summed E-state index contributed by atoms with van der Waals surface area (Å²) in [6.45, 7) is 0. The molecule has 1 aliphatic rings. The summed E-state index contributed by atoms with van der Waals surface area (Å²) in [6.07, 6.45) is 2.25. The van der Waals surface area contributed by atoms with Crippen LogP contribution in [0.25, 0.3) is 0 Å². The van der Waals surface area contributed by atoms with Gasteiger partial charge in [-0.05, 0) is 30.5 Å². The fraction of sp³-hybridized carbons (Fsp3) is 0.500. The summed E-state index contributed by atoms with van der Waals surface area (Å²) in [7, 11) is 3.23. The van der Waals surface area contributed by atoms with Crippen LogP contribution in [0.2, 0.25) is 0 Å². The molecule has 6 heteroatoms. The van der Waals surface area contributed by atoms with Crippen LogP contribution in [-0.4, -0.2) is 31.9 Å². The first-order chi connectivity index (χ1) is 9.63. The van der Waals surface area contributed by atoms with E-state index in [0.717, 1.165) is 28.6 Å². The van der Waals surface area contributed by atoms with Gasteiger partial charge in [-0.25, -0.2) is 0 Å². The number of benzene rings is 1. The minimum atomic E-state index is 0.120. The first kappa shape index (κ1) is 15.5. The number of halogens is 1. The van der Waals surface area contributed by atoms with Gasteiger partial charge in [0.1, 0.15) is 0 Å². The predicted molar refractivity (Wildman–Crippen MR) is 84.6 cm³/mol. The Bertz CT molecular complexity index is 492. The van der Waals surface area contributed by atoms with Crippen LogP contribution in [0.4, 0.5) is 0 Å². The Balaban J connectivity index is 1.89. The van der Waals surface area contributed by atoms with Crippen molar-refractivity contribution in [2.45, 2.75) is 24.6 Å². The average Bonchev–Trinajstić information content (AvgIpc) is 3.23. The third kappa shape index (κ3) is 4.31. The van der Waals surface area contributed by atoms with Gasteiger partial charge in [0.25, 0.3) is 0 Å². The molecule has 4 nitrogen and oxygen atoms in total. The van der Waals surface area contributed by atoms with Crippen molar-refractivity contribution in [3.63, 3.8) is 0 Å². The van der Waals surface area contributed by atoms with Crippen molar-refractivity contribution in [1.82, 2.24) is 5.32 Å². The van der Waals surface area contributed by atoms with Crippen molar-refractivity contribution < 1.29 is 14.3 Å². The summed E-state index contributed by atoms with van der Waals surface area (Å²) in [5.74, 6) is 2.75. The lowest BCUT2D eigenvalue weighted by molar-refractivity contribution is -0.118. The van der Waals surface area contributed by atoms with Crippen LogP contribution in [0.5, 0.6) is 11.5 Å². The van der Waals surface area contributed by atoms with Crippen molar-refractivity contribution in [3.8, 4) is 11.5 Å². The lowest BCUT2D eigenvalue weighted by atomic mass is 10.2. The molecule has 1 fully saturated rings. The van der Waals surface area contributed by atoms with Crippen LogP contribution in [0.1, 0.15) is 18.4 Å². The molecule has 1 aliphatic carbocycles. The van der Waals surface area contributed by atoms with E-state index in [1.807, 2.05) is 12.1 Å². The maximum absolute atomic E-state index is 11.6. The van der Waals surface area contributed by atoms with Gasteiger partial charge in [-0.3, -0.25) is 4.79 Å². The van der Waals surface area contributed by atoms with Crippen molar-refractivity contribution in [3.05, 3.63) is 22.2 Å². The maximum Gasteiger partial charge on any atom is 0.230 e. The van der Waals surface area contributed by atoms with Gasteiger partial charge >= 0.3 is 0 Å². The van der Waals surface area contributed by atoms with E-state index in [1.54, 1.807) is 26.0 Å². The molecule has 1 saturated carbocycles. The third-order valence-electron chi connectivity index (χ3n) is 2.99. The Kier molecular flexibility index (Phi) is 5.60. The number of rotatable bonds is 7.